The summed E-state index contributed by atoms with van der Waals surface area (Å²) in [6, 6.07) is 0.470. The van der Waals surface area contributed by atoms with E-state index >= 15 is 0 Å². The second-order valence-corrected chi connectivity index (χ2v) is 3.91. The van der Waals surface area contributed by atoms with Crippen LogP contribution < -0.4 is 5.32 Å². The molecular weight excluding hydrogens is 150 g/mol. The fourth-order valence-electron chi connectivity index (χ4n) is 1.22. The van der Waals surface area contributed by atoms with E-state index in [4.69, 9.17) is 4.74 Å². The van der Waals surface area contributed by atoms with Gasteiger partial charge in [0.15, 0.2) is 0 Å². The fourth-order valence-corrected chi connectivity index (χ4v) is 1.22. The number of hydrogen-bond donors (Lipinski definition) is 1. The Morgan fingerprint density at radius 1 is 1.33 bits per heavy atom. The van der Waals surface area contributed by atoms with Crippen molar-refractivity contribution in [3.05, 3.63) is 0 Å². The number of hydrogen-bond acceptors (Lipinski definition) is 2. The minimum atomic E-state index is 0.325. The van der Waals surface area contributed by atoms with Crippen molar-refractivity contribution in [2.75, 3.05) is 20.3 Å². The van der Waals surface area contributed by atoms with Gasteiger partial charge >= 0.3 is 0 Å². The number of rotatable bonds is 6. The van der Waals surface area contributed by atoms with Crippen LogP contribution in [0.25, 0.3) is 0 Å². The Labute approximate surface area is 76.7 Å². The van der Waals surface area contributed by atoms with Crippen LogP contribution in [0.1, 0.15) is 34.1 Å². The average molecular weight is 173 g/mol. The van der Waals surface area contributed by atoms with Crippen LogP contribution in [0, 0.1) is 5.41 Å². The van der Waals surface area contributed by atoms with Gasteiger partial charge in [-0.2, -0.15) is 0 Å². The maximum Gasteiger partial charge on any atom is 0.0621 e. The number of likely N-dealkylation sites (N-methyl/N-ethyl adjacent to an activating group) is 1. The molecule has 74 valence electrons. The second kappa shape index (κ2) is 5.55. The van der Waals surface area contributed by atoms with Gasteiger partial charge in [-0.15, -0.1) is 0 Å². The highest BCUT2D eigenvalue weighted by Gasteiger charge is 2.26. The van der Waals surface area contributed by atoms with Crippen molar-refractivity contribution < 1.29 is 4.74 Å². The van der Waals surface area contributed by atoms with E-state index in [9.17, 15) is 0 Å². The predicted molar refractivity (Wildman–Crippen MR) is 53.4 cm³/mol. The van der Waals surface area contributed by atoms with Crippen molar-refractivity contribution in [3.63, 3.8) is 0 Å². The van der Waals surface area contributed by atoms with Crippen LogP contribution in [0.5, 0.6) is 0 Å². The average Bonchev–Trinajstić information content (AvgIpc) is 2.04. The third-order valence-electron chi connectivity index (χ3n) is 2.64. The van der Waals surface area contributed by atoms with Crippen molar-refractivity contribution >= 4 is 0 Å². The van der Waals surface area contributed by atoms with E-state index in [1.165, 1.54) is 6.42 Å². The third kappa shape index (κ3) is 3.55. The van der Waals surface area contributed by atoms with Crippen molar-refractivity contribution in [2.24, 2.45) is 5.41 Å². The van der Waals surface area contributed by atoms with Gasteiger partial charge in [0.1, 0.15) is 0 Å². The minimum absolute atomic E-state index is 0.325. The van der Waals surface area contributed by atoms with Crippen LogP contribution in [0.15, 0.2) is 0 Å². The summed E-state index contributed by atoms with van der Waals surface area (Å²) in [4.78, 5) is 0. The molecule has 12 heavy (non-hydrogen) atoms. The summed E-state index contributed by atoms with van der Waals surface area (Å²) in [5.41, 5.74) is 0.325. The summed E-state index contributed by atoms with van der Waals surface area (Å²) < 4.78 is 5.18. The molecule has 0 aliphatic rings. The van der Waals surface area contributed by atoms with Gasteiger partial charge in [0, 0.05) is 13.2 Å². The highest BCUT2D eigenvalue weighted by Crippen LogP contribution is 2.24. The molecule has 0 aromatic heterocycles. The summed E-state index contributed by atoms with van der Waals surface area (Å²) in [5, 5.41) is 3.45. The zero-order valence-corrected chi connectivity index (χ0v) is 9.11. The van der Waals surface area contributed by atoms with Gasteiger partial charge < -0.3 is 10.1 Å². The van der Waals surface area contributed by atoms with Crippen LogP contribution in [-0.2, 0) is 4.74 Å². The van der Waals surface area contributed by atoms with E-state index in [0.29, 0.717) is 11.5 Å². The first-order valence-corrected chi connectivity index (χ1v) is 4.80. The Hall–Kier alpha value is -0.0800. The molecule has 0 aromatic rings. The van der Waals surface area contributed by atoms with Crippen LogP contribution in [0.4, 0.5) is 0 Å². The highest BCUT2D eigenvalue weighted by molar-refractivity contribution is 4.82. The molecule has 2 heteroatoms. The van der Waals surface area contributed by atoms with Gasteiger partial charge in [0.2, 0.25) is 0 Å². The van der Waals surface area contributed by atoms with Gasteiger partial charge in [-0.25, -0.2) is 0 Å². The van der Waals surface area contributed by atoms with Gasteiger partial charge in [0.25, 0.3) is 0 Å². The fraction of sp³-hybridized carbons (Fsp3) is 1.00. The van der Waals surface area contributed by atoms with Crippen molar-refractivity contribution in [1.82, 2.24) is 5.32 Å². The quantitative estimate of drug-likeness (QED) is 0.663. The molecule has 1 atom stereocenters. The molecule has 0 heterocycles. The lowest BCUT2D eigenvalue weighted by Gasteiger charge is -2.33. The van der Waals surface area contributed by atoms with Crippen molar-refractivity contribution in [2.45, 2.75) is 40.2 Å². The molecule has 1 unspecified atom stereocenters. The van der Waals surface area contributed by atoms with Gasteiger partial charge in [-0.3, -0.25) is 0 Å². The van der Waals surface area contributed by atoms with E-state index in [1.54, 1.807) is 7.11 Å². The lowest BCUT2D eigenvalue weighted by atomic mass is 9.82. The van der Waals surface area contributed by atoms with E-state index < -0.39 is 0 Å². The molecule has 0 spiro atoms. The van der Waals surface area contributed by atoms with Crippen LogP contribution in [-0.4, -0.2) is 26.3 Å². The lowest BCUT2D eigenvalue weighted by molar-refractivity contribution is 0.104. The van der Waals surface area contributed by atoms with E-state index in [1.807, 2.05) is 0 Å². The first-order valence-electron chi connectivity index (χ1n) is 4.80. The SMILES string of the molecule is CCNC(COC)C(C)(C)CC. The number of ether oxygens (including phenoxy) is 1. The molecule has 0 amide bonds. The summed E-state index contributed by atoms with van der Waals surface area (Å²) in [6.45, 7) is 10.7. The van der Waals surface area contributed by atoms with E-state index in [2.05, 4.69) is 33.0 Å². The smallest absolute Gasteiger partial charge is 0.0621 e. The Balaban J connectivity index is 4.07. The normalized spacial score (nSPS) is 14.8. The summed E-state index contributed by atoms with van der Waals surface area (Å²) in [5.74, 6) is 0. The Morgan fingerprint density at radius 3 is 2.25 bits per heavy atom. The van der Waals surface area contributed by atoms with Gasteiger partial charge in [-0.05, 0) is 18.4 Å². The largest absolute Gasteiger partial charge is 0.383 e. The Morgan fingerprint density at radius 2 is 1.92 bits per heavy atom. The third-order valence-corrected chi connectivity index (χ3v) is 2.64. The summed E-state index contributed by atoms with van der Waals surface area (Å²) in [7, 11) is 1.76. The molecule has 2 nitrogen and oxygen atoms in total. The summed E-state index contributed by atoms with van der Waals surface area (Å²) in [6.07, 6.45) is 1.17. The molecule has 0 saturated heterocycles. The van der Waals surface area contributed by atoms with Gasteiger partial charge in [0.05, 0.1) is 6.61 Å². The van der Waals surface area contributed by atoms with E-state index in [0.717, 1.165) is 13.2 Å². The zero-order chi connectivity index (χ0) is 9.61. The molecule has 0 rings (SSSR count). The van der Waals surface area contributed by atoms with Crippen molar-refractivity contribution in [1.29, 1.82) is 0 Å². The molecule has 1 N–H and O–H groups in total. The second-order valence-electron chi connectivity index (χ2n) is 3.91. The highest BCUT2D eigenvalue weighted by atomic mass is 16.5. The minimum Gasteiger partial charge on any atom is -0.383 e. The topological polar surface area (TPSA) is 21.3 Å². The zero-order valence-electron chi connectivity index (χ0n) is 9.11. The van der Waals surface area contributed by atoms with Crippen molar-refractivity contribution in [3.8, 4) is 0 Å². The molecule has 0 fully saturated rings. The molecule has 0 radical (unpaired) electrons. The molecule has 0 aliphatic carbocycles. The molecule has 0 aliphatic heterocycles. The Bertz CT molecular complexity index is 106. The summed E-state index contributed by atoms with van der Waals surface area (Å²) >= 11 is 0. The van der Waals surface area contributed by atoms with E-state index in [-0.39, 0.29) is 0 Å². The standard InChI is InChI=1S/C10H23NO/c1-6-10(3,4)9(8-12-5)11-7-2/h9,11H,6-8H2,1-5H3. The van der Waals surface area contributed by atoms with Crippen LogP contribution in [0.3, 0.4) is 0 Å². The molecule has 0 saturated carbocycles. The Kier molecular flexibility index (Phi) is 5.51. The molecule has 0 bridgehead atoms. The first-order chi connectivity index (χ1) is 5.58. The van der Waals surface area contributed by atoms with Crippen LogP contribution in [0.2, 0.25) is 0 Å². The lowest BCUT2D eigenvalue weighted by Crippen LogP contribution is -2.44. The molecular formula is C10H23NO. The maximum absolute atomic E-state index is 5.18. The maximum atomic E-state index is 5.18. The predicted octanol–water partition coefficient (Wildman–Crippen LogP) is 2.05. The number of nitrogens with one attached hydrogen (secondary N) is 1. The first kappa shape index (κ1) is 11.9. The van der Waals surface area contributed by atoms with Crippen LogP contribution >= 0.6 is 0 Å². The molecule has 0 aromatic carbocycles. The van der Waals surface area contributed by atoms with Gasteiger partial charge in [-0.1, -0.05) is 27.7 Å². The number of methoxy groups -OCH3 is 1. The monoisotopic (exact) mass is 173 g/mol.